The highest BCUT2D eigenvalue weighted by Crippen LogP contribution is 2.32. The summed E-state index contributed by atoms with van der Waals surface area (Å²) in [7, 11) is 0. The summed E-state index contributed by atoms with van der Waals surface area (Å²) in [6, 6.07) is 3.66. The molecular weight excluding hydrogens is 464 g/mol. The van der Waals surface area contributed by atoms with Gasteiger partial charge in [-0.05, 0) is 74.6 Å². The second-order valence-electron chi connectivity index (χ2n) is 10.4. The first kappa shape index (κ1) is 27.4. The maximum absolute atomic E-state index is 13.3. The van der Waals surface area contributed by atoms with Crippen molar-refractivity contribution in [3.8, 4) is 0 Å². The van der Waals surface area contributed by atoms with Gasteiger partial charge in [-0.15, -0.1) is 0 Å². The second kappa shape index (κ2) is 12.2. The Morgan fingerprint density at radius 2 is 1.86 bits per heavy atom. The summed E-state index contributed by atoms with van der Waals surface area (Å²) in [6.45, 7) is 6.86. The van der Waals surface area contributed by atoms with Crippen molar-refractivity contribution in [2.45, 2.75) is 65.0 Å². The molecule has 198 valence electrons. The molecule has 3 rings (SSSR count). The van der Waals surface area contributed by atoms with Crippen molar-refractivity contribution in [3.63, 3.8) is 0 Å². The Labute approximate surface area is 211 Å². The Kier molecular flexibility index (Phi) is 9.31. The van der Waals surface area contributed by atoms with Crippen LogP contribution in [0.5, 0.6) is 0 Å². The van der Waals surface area contributed by atoms with Gasteiger partial charge in [0, 0.05) is 30.7 Å². The molecule has 2 atom stereocenters. The highest BCUT2D eigenvalue weighted by atomic mass is 16.5. The first-order valence-corrected chi connectivity index (χ1v) is 12.7. The monoisotopic (exact) mass is 502 g/mol. The largest absolute Gasteiger partial charge is 0.478 e. The summed E-state index contributed by atoms with van der Waals surface area (Å²) in [4.78, 5) is 51.0. The Morgan fingerprint density at radius 3 is 2.47 bits per heavy atom. The zero-order chi connectivity index (χ0) is 26.4. The van der Waals surface area contributed by atoms with E-state index in [9.17, 15) is 24.3 Å². The first-order chi connectivity index (χ1) is 17.0. The average molecular weight is 503 g/mol. The molecule has 10 nitrogen and oxygen atoms in total. The van der Waals surface area contributed by atoms with Crippen molar-refractivity contribution in [2.24, 2.45) is 23.5 Å². The van der Waals surface area contributed by atoms with Gasteiger partial charge in [-0.1, -0.05) is 13.8 Å². The van der Waals surface area contributed by atoms with Crippen LogP contribution >= 0.6 is 0 Å². The van der Waals surface area contributed by atoms with E-state index in [1.54, 1.807) is 24.0 Å². The third kappa shape index (κ3) is 7.19. The Morgan fingerprint density at radius 1 is 1.17 bits per heavy atom. The van der Waals surface area contributed by atoms with E-state index in [0.717, 1.165) is 12.8 Å². The van der Waals surface area contributed by atoms with Gasteiger partial charge in [0.1, 0.15) is 6.04 Å². The Balaban J connectivity index is 1.52. The maximum Gasteiger partial charge on any atom is 0.407 e. The van der Waals surface area contributed by atoms with Crippen LogP contribution in [0.2, 0.25) is 0 Å². The van der Waals surface area contributed by atoms with Gasteiger partial charge in [0.2, 0.25) is 11.8 Å². The highest BCUT2D eigenvalue weighted by molar-refractivity contribution is 5.98. The van der Waals surface area contributed by atoms with Crippen LogP contribution in [-0.2, 0) is 14.3 Å². The lowest BCUT2D eigenvalue weighted by molar-refractivity contribution is -0.141. The molecule has 2 aliphatic rings. The van der Waals surface area contributed by atoms with Crippen molar-refractivity contribution in [2.75, 3.05) is 25.0 Å². The van der Waals surface area contributed by atoms with Gasteiger partial charge < -0.3 is 31.1 Å². The van der Waals surface area contributed by atoms with E-state index in [2.05, 4.69) is 10.6 Å². The number of anilines is 1. The Hall–Kier alpha value is -3.14. The number of ether oxygens (including phenoxy) is 1. The summed E-state index contributed by atoms with van der Waals surface area (Å²) >= 11 is 0. The molecule has 1 aromatic carbocycles. The third-order valence-corrected chi connectivity index (χ3v) is 6.92. The van der Waals surface area contributed by atoms with Crippen molar-refractivity contribution < 1.29 is 29.0 Å². The normalized spacial score (nSPS) is 23.9. The summed E-state index contributed by atoms with van der Waals surface area (Å²) < 4.78 is 5.14. The molecule has 0 bridgehead atoms. The molecule has 0 unspecified atom stereocenters. The number of aryl methyl sites for hydroxylation is 1. The summed E-state index contributed by atoms with van der Waals surface area (Å²) in [5.74, 6) is -1.01. The minimum atomic E-state index is -1.03. The van der Waals surface area contributed by atoms with Crippen LogP contribution in [0.3, 0.4) is 0 Å². The van der Waals surface area contributed by atoms with Crippen LogP contribution in [0.1, 0.15) is 61.9 Å². The smallest absolute Gasteiger partial charge is 0.407 e. The summed E-state index contributed by atoms with van der Waals surface area (Å²) in [5.41, 5.74) is 7.32. The van der Waals surface area contributed by atoms with Gasteiger partial charge in [0.25, 0.3) is 0 Å². The molecule has 3 amide bonds. The molecule has 5 N–H and O–H groups in total. The number of carbonyl (C=O) groups is 4. The highest BCUT2D eigenvalue weighted by Gasteiger charge is 2.41. The predicted octanol–water partition coefficient (Wildman–Crippen LogP) is 2.75. The second-order valence-corrected chi connectivity index (χ2v) is 10.4. The number of hydrogen-bond donors (Lipinski definition) is 4. The number of benzene rings is 1. The van der Waals surface area contributed by atoms with Crippen molar-refractivity contribution in [1.29, 1.82) is 0 Å². The molecule has 0 aromatic heterocycles. The molecule has 1 saturated carbocycles. The number of nitrogens with two attached hydrogens (primary N) is 1. The Bertz CT molecular complexity index is 973. The van der Waals surface area contributed by atoms with Crippen molar-refractivity contribution >= 4 is 29.6 Å². The van der Waals surface area contributed by atoms with Crippen molar-refractivity contribution in [1.82, 2.24) is 10.2 Å². The predicted molar refractivity (Wildman–Crippen MR) is 134 cm³/mol. The third-order valence-electron chi connectivity index (χ3n) is 6.92. The zero-order valence-electron chi connectivity index (χ0n) is 21.3. The zero-order valence-corrected chi connectivity index (χ0v) is 21.3. The molecule has 0 radical (unpaired) electrons. The number of amides is 3. The molecule has 1 saturated heterocycles. The fourth-order valence-corrected chi connectivity index (χ4v) is 4.94. The maximum atomic E-state index is 13.3. The first-order valence-electron chi connectivity index (χ1n) is 12.7. The molecular formula is C26H38N4O6. The molecule has 1 heterocycles. The van der Waals surface area contributed by atoms with E-state index in [1.165, 1.54) is 6.07 Å². The molecule has 10 heteroatoms. The minimum Gasteiger partial charge on any atom is -0.478 e. The van der Waals surface area contributed by atoms with E-state index >= 15 is 0 Å². The van der Waals surface area contributed by atoms with Crippen LogP contribution < -0.4 is 16.4 Å². The number of carboxylic acid groups (broad SMARTS) is 1. The number of likely N-dealkylation sites (tertiary alicyclic amines) is 1. The van der Waals surface area contributed by atoms with E-state index in [1.807, 2.05) is 13.8 Å². The number of carbonyl (C=O) groups excluding carboxylic acids is 3. The van der Waals surface area contributed by atoms with Crippen LogP contribution in [-0.4, -0.2) is 65.7 Å². The van der Waals surface area contributed by atoms with Crippen molar-refractivity contribution in [3.05, 3.63) is 29.3 Å². The van der Waals surface area contributed by atoms with Crippen LogP contribution in [0.4, 0.5) is 10.5 Å². The molecule has 1 aromatic rings. The lowest BCUT2D eigenvalue weighted by atomic mass is 9.81. The average Bonchev–Trinajstić information content (AvgIpc) is 3.23. The van der Waals surface area contributed by atoms with E-state index < -0.39 is 18.1 Å². The van der Waals surface area contributed by atoms with Gasteiger partial charge in [-0.25, -0.2) is 9.59 Å². The molecule has 1 aliphatic carbocycles. The number of rotatable bonds is 8. The van der Waals surface area contributed by atoms with Gasteiger partial charge in [-0.2, -0.15) is 0 Å². The number of alkyl carbamates (subject to hydrolysis) is 1. The number of nitrogens with zero attached hydrogens (tertiary/aromatic N) is 1. The van der Waals surface area contributed by atoms with Gasteiger partial charge in [0.15, 0.2) is 0 Å². The SMILES string of the molecule is Cc1cc(NC(=O)[C@@H]2C[C@H](N)CN2C(=O)C2CCC(CNC(=O)OCC(C)C)CC2)ccc1C(=O)O. The molecule has 36 heavy (non-hydrogen) atoms. The van der Waals surface area contributed by atoms with E-state index in [-0.39, 0.29) is 41.2 Å². The summed E-state index contributed by atoms with van der Waals surface area (Å²) in [5, 5.41) is 14.8. The van der Waals surface area contributed by atoms with Gasteiger partial charge in [-0.3, -0.25) is 9.59 Å². The van der Waals surface area contributed by atoms with Gasteiger partial charge >= 0.3 is 12.1 Å². The number of carboxylic acids is 1. The van der Waals surface area contributed by atoms with Crippen LogP contribution in [0, 0.1) is 24.7 Å². The number of aromatic carboxylic acids is 1. The molecule has 1 aliphatic heterocycles. The number of hydrogen-bond acceptors (Lipinski definition) is 6. The van der Waals surface area contributed by atoms with Crippen LogP contribution in [0.25, 0.3) is 0 Å². The fraction of sp³-hybridized carbons (Fsp3) is 0.615. The lowest BCUT2D eigenvalue weighted by Crippen LogP contribution is -2.46. The standard InChI is InChI=1S/C26H38N4O6/c1-15(2)14-36-26(35)28-12-17-4-6-18(7-5-17)24(32)30-13-19(27)11-22(30)23(31)29-20-8-9-21(25(33)34)16(3)10-20/h8-10,15,17-19,22H,4-7,11-14,27H2,1-3H3,(H,28,35)(H,29,31)(H,33,34)/t17?,18?,19-,22-/m0/s1. The van der Waals surface area contributed by atoms with E-state index in [4.69, 9.17) is 10.5 Å². The van der Waals surface area contributed by atoms with Crippen LogP contribution in [0.15, 0.2) is 18.2 Å². The van der Waals surface area contributed by atoms with Gasteiger partial charge in [0.05, 0.1) is 12.2 Å². The molecule has 2 fully saturated rings. The number of nitrogens with one attached hydrogen (secondary N) is 2. The lowest BCUT2D eigenvalue weighted by Gasteiger charge is -2.32. The molecule has 0 spiro atoms. The quantitative estimate of drug-likeness (QED) is 0.427. The fourth-order valence-electron chi connectivity index (χ4n) is 4.94. The topological polar surface area (TPSA) is 151 Å². The van der Waals surface area contributed by atoms with E-state index in [0.29, 0.717) is 50.2 Å². The minimum absolute atomic E-state index is 0.0525. The summed E-state index contributed by atoms with van der Waals surface area (Å²) in [6.07, 6.45) is 2.99.